The summed E-state index contributed by atoms with van der Waals surface area (Å²) in [6.07, 6.45) is 5.16. The highest BCUT2D eigenvalue weighted by Gasteiger charge is 2.22. The Bertz CT molecular complexity index is 438. The van der Waals surface area contributed by atoms with Crippen molar-refractivity contribution >= 4 is 11.6 Å². The summed E-state index contributed by atoms with van der Waals surface area (Å²) in [5, 5.41) is 9.26. The van der Waals surface area contributed by atoms with Crippen LogP contribution in [0.2, 0.25) is 5.02 Å². The van der Waals surface area contributed by atoms with Crippen LogP contribution in [0.25, 0.3) is 0 Å². The summed E-state index contributed by atoms with van der Waals surface area (Å²) >= 11 is 5.98. The van der Waals surface area contributed by atoms with E-state index in [1.165, 1.54) is 19.3 Å². The fourth-order valence-electron chi connectivity index (χ4n) is 2.29. The van der Waals surface area contributed by atoms with E-state index >= 15 is 0 Å². The molecule has 1 fully saturated rings. The Kier molecular flexibility index (Phi) is 3.91. The topological polar surface area (TPSA) is 33.0 Å². The van der Waals surface area contributed by atoms with Gasteiger partial charge in [0.15, 0.2) is 0 Å². The molecule has 0 spiro atoms. The lowest BCUT2D eigenvalue weighted by Gasteiger charge is -2.29. The van der Waals surface area contributed by atoms with Crippen LogP contribution in [0.3, 0.4) is 0 Å². The first-order valence-electron chi connectivity index (χ1n) is 6.07. The van der Waals surface area contributed by atoms with Crippen molar-refractivity contribution in [2.75, 3.05) is 0 Å². The van der Waals surface area contributed by atoms with Gasteiger partial charge in [0.2, 0.25) is 0 Å². The van der Waals surface area contributed by atoms with Crippen LogP contribution in [0, 0.1) is 17.2 Å². The predicted molar refractivity (Wildman–Crippen MR) is 68.2 cm³/mol. The minimum absolute atomic E-state index is 0.285. The fourth-order valence-corrected chi connectivity index (χ4v) is 2.50. The van der Waals surface area contributed by atoms with Gasteiger partial charge in [0.05, 0.1) is 10.6 Å². The van der Waals surface area contributed by atoms with Crippen LogP contribution in [-0.4, -0.2) is 6.10 Å². The van der Waals surface area contributed by atoms with Crippen LogP contribution in [-0.2, 0) is 0 Å². The number of nitriles is 1. The molecule has 0 unspecified atom stereocenters. The maximum atomic E-state index is 8.80. The summed E-state index contributed by atoms with van der Waals surface area (Å²) in [4.78, 5) is 0. The predicted octanol–water partition coefficient (Wildman–Crippen LogP) is 4.17. The van der Waals surface area contributed by atoms with Gasteiger partial charge in [0, 0.05) is 6.07 Å². The molecule has 1 saturated carbocycles. The molecule has 17 heavy (non-hydrogen) atoms. The number of ether oxygens (including phenoxy) is 1. The van der Waals surface area contributed by atoms with Gasteiger partial charge >= 0.3 is 0 Å². The van der Waals surface area contributed by atoms with Crippen molar-refractivity contribution in [1.82, 2.24) is 0 Å². The Hall–Kier alpha value is -1.20. The van der Waals surface area contributed by atoms with E-state index < -0.39 is 0 Å². The second-order valence-electron chi connectivity index (χ2n) is 4.67. The summed E-state index contributed by atoms with van der Waals surface area (Å²) < 4.78 is 5.95. The van der Waals surface area contributed by atoms with Crippen LogP contribution in [0.4, 0.5) is 0 Å². The molecule has 90 valence electrons. The standard InChI is InChI=1S/C14H16ClNO/c1-10-4-2-3-5-14(10)17-12-7-6-11(9-16)13(15)8-12/h6-8,10,14H,2-5H2,1H3/t10-,14+/m0/s1. The van der Waals surface area contributed by atoms with Crippen LogP contribution < -0.4 is 4.74 Å². The number of halogens is 1. The highest BCUT2D eigenvalue weighted by molar-refractivity contribution is 6.31. The molecule has 0 aliphatic heterocycles. The Morgan fingerprint density at radius 3 is 2.76 bits per heavy atom. The lowest BCUT2D eigenvalue weighted by atomic mass is 9.88. The van der Waals surface area contributed by atoms with Gasteiger partial charge in [0.25, 0.3) is 0 Å². The van der Waals surface area contributed by atoms with Crippen molar-refractivity contribution in [2.24, 2.45) is 5.92 Å². The van der Waals surface area contributed by atoms with E-state index in [-0.39, 0.29) is 6.10 Å². The molecule has 2 nitrogen and oxygen atoms in total. The number of nitrogens with zero attached hydrogens (tertiary/aromatic N) is 1. The molecule has 1 aromatic carbocycles. The largest absolute Gasteiger partial charge is 0.490 e. The second-order valence-corrected chi connectivity index (χ2v) is 5.08. The number of hydrogen-bond acceptors (Lipinski definition) is 2. The van der Waals surface area contributed by atoms with Gasteiger partial charge in [0.1, 0.15) is 17.9 Å². The molecule has 0 bridgehead atoms. The Labute approximate surface area is 107 Å². The minimum Gasteiger partial charge on any atom is -0.490 e. The lowest BCUT2D eigenvalue weighted by molar-refractivity contribution is 0.102. The molecule has 1 aromatic rings. The van der Waals surface area contributed by atoms with Gasteiger partial charge < -0.3 is 4.74 Å². The molecule has 0 amide bonds. The third-order valence-corrected chi connectivity index (χ3v) is 3.69. The third-order valence-electron chi connectivity index (χ3n) is 3.38. The highest BCUT2D eigenvalue weighted by atomic mass is 35.5. The van der Waals surface area contributed by atoms with E-state index in [0.29, 0.717) is 16.5 Å². The van der Waals surface area contributed by atoms with Crippen molar-refractivity contribution in [3.63, 3.8) is 0 Å². The summed E-state index contributed by atoms with van der Waals surface area (Å²) in [6.45, 7) is 2.23. The molecule has 2 atom stereocenters. The second kappa shape index (κ2) is 5.42. The third kappa shape index (κ3) is 2.92. The fraction of sp³-hybridized carbons (Fsp3) is 0.500. The first kappa shape index (κ1) is 12.3. The minimum atomic E-state index is 0.285. The maximum Gasteiger partial charge on any atom is 0.121 e. The molecule has 2 rings (SSSR count). The van der Waals surface area contributed by atoms with Crippen molar-refractivity contribution in [3.05, 3.63) is 28.8 Å². The van der Waals surface area contributed by atoms with Crippen LogP contribution >= 0.6 is 11.6 Å². The average molecular weight is 250 g/mol. The smallest absolute Gasteiger partial charge is 0.121 e. The van der Waals surface area contributed by atoms with E-state index in [4.69, 9.17) is 21.6 Å². The van der Waals surface area contributed by atoms with E-state index in [0.717, 1.165) is 12.2 Å². The number of hydrogen-bond donors (Lipinski definition) is 0. The highest BCUT2D eigenvalue weighted by Crippen LogP contribution is 2.29. The number of rotatable bonds is 2. The zero-order chi connectivity index (χ0) is 12.3. The van der Waals surface area contributed by atoms with Crippen LogP contribution in [0.5, 0.6) is 5.75 Å². The normalized spacial score (nSPS) is 24.1. The average Bonchev–Trinajstić information content (AvgIpc) is 2.32. The quantitative estimate of drug-likeness (QED) is 0.788. The molecule has 3 heteroatoms. The summed E-state index contributed by atoms with van der Waals surface area (Å²) in [5.74, 6) is 1.37. The molecule has 1 aliphatic rings. The Morgan fingerprint density at radius 1 is 1.35 bits per heavy atom. The summed E-state index contributed by atoms with van der Waals surface area (Å²) in [6, 6.07) is 7.32. The zero-order valence-electron chi connectivity index (χ0n) is 9.95. The lowest BCUT2D eigenvalue weighted by Crippen LogP contribution is -2.28. The molecular weight excluding hydrogens is 234 g/mol. The molecule has 0 aromatic heterocycles. The van der Waals surface area contributed by atoms with Crippen molar-refractivity contribution in [3.8, 4) is 11.8 Å². The molecule has 0 heterocycles. The van der Waals surface area contributed by atoms with E-state index in [2.05, 4.69) is 6.92 Å². The zero-order valence-corrected chi connectivity index (χ0v) is 10.7. The Morgan fingerprint density at radius 2 is 2.12 bits per heavy atom. The monoisotopic (exact) mass is 249 g/mol. The van der Waals surface area contributed by atoms with Gasteiger partial charge in [-0.05, 0) is 37.3 Å². The molecule has 0 saturated heterocycles. The maximum absolute atomic E-state index is 8.80. The van der Waals surface area contributed by atoms with Crippen LogP contribution in [0.15, 0.2) is 18.2 Å². The number of benzene rings is 1. The first-order chi connectivity index (χ1) is 8.20. The summed E-state index contributed by atoms with van der Waals surface area (Å²) in [5.41, 5.74) is 0.496. The van der Waals surface area contributed by atoms with E-state index in [9.17, 15) is 0 Å². The van der Waals surface area contributed by atoms with Gasteiger partial charge in [-0.2, -0.15) is 5.26 Å². The van der Waals surface area contributed by atoms with E-state index in [1.807, 2.05) is 12.1 Å². The van der Waals surface area contributed by atoms with Gasteiger partial charge in [-0.3, -0.25) is 0 Å². The molecule has 0 radical (unpaired) electrons. The SMILES string of the molecule is C[C@H]1CCCC[C@H]1Oc1ccc(C#N)c(Cl)c1. The van der Waals surface area contributed by atoms with Gasteiger partial charge in [-0.1, -0.05) is 24.9 Å². The summed E-state index contributed by atoms with van der Waals surface area (Å²) in [7, 11) is 0. The van der Waals surface area contributed by atoms with Crippen molar-refractivity contribution in [2.45, 2.75) is 38.7 Å². The molecular formula is C14H16ClNO. The van der Waals surface area contributed by atoms with Crippen molar-refractivity contribution < 1.29 is 4.74 Å². The van der Waals surface area contributed by atoms with Crippen molar-refractivity contribution in [1.29, 1.82) is 5.26 Å². The Balaban J connectivity index is 2.08. The van der Waals surface area contributed by atoms with Gasteiger partial charge in [-0.15, -0.1) is 0 Å². The molecule has 0 N–H and O–H groups in total. The van der Waals surface area contributed by atoms with E-state index in [1.54, 1.807) is 12.1 Å². The molecule has 1 aliphatic carbocycles. The van der Waals surface area contributed by atoms with Crippen LogP contribution in [0.1, 0.15) is 38.2 Å². The van der Waals surface area contributed by atoms with Gasteiger partial charge in [-0.25, -0.2) is 0 Å². The first-order valence-corrected chi connectivity index (χ1v) is 6.45.